The maximum absolute atomic E-state index is 12.0. The number of anilines is 1. The molecule has 0 saturated carbocycles. The molecule has 0 radical (unpaired) electrons. The Morgan fingerprint density at radius 2 is 2.26 bits per heavy atom. The smallest absolute Gasteiger partial charge is 0.234 e. The second kappa shape index (κ2) is 7.68. The number of ether oxygens (including phenoxy) is 1. The summed E-state index contributed by atoms with van der Waals surface area (Å²) in [4.78, 5) is 16.3. The van der Waals surface area contributed by atoms with Gasteiger partial charge in [0.25, 0.3) is 0 Å². The molecule has 5 nitrogen and oxygen atoms in total. The van der Waals surface area contributed by atoms with Gasteiger partial charge >= 0.3 is 0 Å². The number of rotatable bonds is 7. The van der Waals surface area contributed by atoms with Crippen molar-refractivity contribution in [3.05, 3.63) is 18.3 Å². The predicted molar refractivity (Wildman–Crippen MR) is 79.2 cm³/mol. The van der Waals surface area contributed by atoms with Gasteiger partial charge in [-0.3, -0.25) is 4.79 Å². The van der Waals surface area contributed by atoms with Crippen LogP contribution in [0.2, 0.25) is 0 Å². The van der Waals surface area contributed by atoms with E-state index in [9.17, 15) is 4.79 Å². The molecular weight excluding hydrogens is 262 g/mol. The molecule has 0 bridgehead atoms. The predicted octanol–water partition coefficient (Wildman–Crippen LogP) is 2.12. The van der Waals surface area contributed by atoms with Crippen molar-refractivity contribution in [3.63, 3.8) is 0 Å². The van der Waals surface area contributed by atoms with Crippen LogP contribution in [0.4, 0.5) is 5.69 Å². The van der Waals surface area contributed by atoms with Crippen LogP contribution in [0.5, 0.6) is 5.88 Å². The summed E-state index contributed by atoms with van der Waals surface area (Å²) in [6.45, 7) is 4.42. The highest BCUT2D eigenvalue weighted by Gasteiger charge is 2.20. The number of carbonyl (C=O) groups is 1. The number of nitrogens with two attached hydrogens (primary N) is 1. The van der Waals surface area contributed by atoms with Crippen molar-refractivity contribution in [2.45, 2.75) is 26.7 Å². The van der Waals surface area contributed by atoms with Crippen molar-refractivity contribution in [2.24, 2.45) is 11.7 Å². The lowest BCUT2D eigenvalue weighted by molar-refractivity contribution is -0.118. The fourth-order valence-electron chi connectivity index (χ4n) is 1.61. The molecule has 0 aliphatic carbocycles. The van der Waals surface area contributed by atoms with Gasteiger partial charge in [-0.1, -0.05) is 25.6 Å². The number of carbonyl (C=O) groups excluding carboxylic acids is 1. The molecule has 0 aromatic carbocycles. The molecule has 3 N–H and O–H groups in total. The summed E-state index contributed by atoms with van der Waals surface area (Å²) in [7, 11) is 0. The zero-order chi connectivity index (χ0) is 14.3. The molecule has 1 unspecified atom stereocenters. The van der Waals surface area contributed by atoms with Crippen molar-refractivity contribution in [1.82, 2.24) is 4.98 Å². The minimum Gasteiger partial charge on any atom is -0.478 e. The van der Waals surface area contributed by atoms with Crippen LogP contribution < -0.4 is 15.8 Å². The first-order chi connectivity index (χ1) is 9.08. The topological polar surface area (TPSA) is 77.2 Å². The molecule has 1 amide bonds. The summed E-state index contributed by atoms with van der Waals surface area (Å²) >= 11 is 4.91. The minimum absolute atomic E-state index is 0.194. The summed E-state index contributed by atoms with van der Waals surface area (Å²) in [5.74, 6) is -0.105. The van der Waals surface area contributed by atoms with E-state index in [4.69, 9.17) is 22.7 Å². The highest BCUT2D eigenvalue weighted by molar-refractivity contribution is 7.80. The lowest BCUT2D eigenvalue weighted by Gasteiger charge is -2.14. The highest BCUT2D eigenvalue weighted by Crippen LogP contribution is 2.14. The van der Waals surface area contributed by atoms with Crippen LogP contribution in [-0.4, -0.2) is 22.5 Å². The van der Waals surface area contributed by atoms with Crippen LogP contribution in [0.15, 0.2) is 18.3 Å². The van der Waals surface area contributed by atoms with E-state index >= 15 is 0 Å². The molecule has 0 spiro atoms. The Balaban J connectivity index is 2.67. The van der Waals surface area contributed by atoms with Gasteiger partial charge in [-0.2, -0.15) is 0 Å². The molecular formula is C13H19N3O2S. The van der Waals surface area contributed by atoms with Crippen LogP contribution >= 0.6 is 12.2 Å². The van der Waals surface area contributed by atoms with Crippen LogP contribution in [0.1, 0.15) is 26.7 Å². The maximum atomic E-state index is 12.0. The first-order valence-electron chi connectivity index (χ1n) is 6.27. The van der Waals surface area contributed by atoms with Crippen LogP contribution in [0.25, 0.3) is 0 Å². The van der Waals surface area contributed by atoms with Crippen LogP contribution in [0.3, 0.4) is 0 Å². The van der Waals surface area contributed by atoms with E-state index in [1.165, 1.54) is 0 Å². The summed E-state index contributed by atoms with van der Waals surface area (Å²) < 4.78 is 5.23. The van der Waals surface area contributed by atoms with Gasteiger partial charge < -0.3 is 15.8 Å². The number of thiocarbonyl (C=S) groups is 1. The molecule has 1 atom stereocenters. The van der Waals surface area contributed by atoms with E-state index in [0.29, 0.717) is 24.6 Å². The van der Waals surface area contributed by atoms with Gasteiger partial charge in [0.1, 0.15) is 0 Å². The fourth-order valence-corrected chi connectivity index (χ4v) is 1.83. The quantitative estimate of drug-likeness (QED) is 0.749. The average molecular weight is 281 g/mol. The zero-order valence-electron chi connectivity index (χ0n) is 11.2. The van der Waals surface area contributed by atoms with Crippen molar-refractivity contribution in [2.75, 3.05) is 11.9 Å². The third kappa shape index (κ3) is 4.82. The van der Waals surface area contributed by atoms with E-state index in [2.05, 4.69) is 10.3 Å². The minimum atomic E-state index is -0.438. The Labute approximate surface area is 118 Å². The Morgan fingerprint density at radius 3 is 2.74 bits per heavy atom. The Hall–Kier alpha value is -1.69. The standard InChI is InChI=1S/C13H19N3O2S/c1-3-5-10(12(14)19)13(17)16-9-6-7-11(15-8-9)18-4-2/h6-8,10H,3-5H2,1-2H3,(H2,14,19)(H,16,17). The van der Waals surface area contributed by atoms with Crippen molar-refractivity contribution in [1.29, 1.82) is 0 Å². The normalized spacial score (nSPS) is 11.7. The van der Waals surface area contributed by atoms with E-state index in [-0.39, 0.29) is 10.9 Å². The van der Waals surface area contributed by atoms with E-state index in [0.717, 1.165) is 6.42 Å². The van der Waals surface area contributed by atoms with E-state index in [1.807, 2.05) is 13.8 Å². The van der Waals surface area contributed by atoms with Gasteiger partial charge in [0.2, 0.25) is 11.8 Å². The number of pyridine rings is 1. The summed E-state index contributed by atoms with van der Waals surface area (Å²) in [5, 5.41) is 2.75. The van der Waals surface area contributed by atoms with E-state index in [1.54, 1.807) is 18.3 Å². The molecule has 0 saturated heterocycles. The maximum Gasteiger partial charge on any atom is 0.234 e. The van der Waals surface area contributed by atoms with Gasteiger partial charge in [-0.05, 0) is 19.4 Å². The van der Waals surface area contributed by atoms with Crippen molar-refractivity contribution in [3.8, 4) is 5.88 Å². The molecule has 19 heavy (non-hydrogen) atoms. The fraction of sp³-hybridized carbons (Fsp3) is 0.462. The summed E-state index contributed by atoms with van der Waals surface area (Å²) in [6.07, 6.45) is 3.04. The molecule has 0 fully saturated rings. The van der Waals surface area contributed by atoms with Gasteiger partial charge in [0.05, 0.1) is 29.4 Å². The number of nitrogens with zero attached hydrogens (tertiary/aromatic N) is 1. The Morgan fingerprint density at radius 1 is 1.53 bits per heavy atom. The number of aromatic nitrogens is 1. The van der Waals surface area contributed by atoms with Crippen molar-refractivity contribution >= 4 is 28.8 Å². The second-order valence-corrected chi connectivity index (χ2v) is 4.52. The lowest BCUT2D eigenvalue weighted by atomic mass is 10.0. The van der Waals surface area contributed by atoms with Gasteiger partial charge in [-0.25, -0.2) is 4.98 Å². The molecule has 1 heterocycles. The van der Waals surface area contributed by atoms with Gasteiger partial charge in [0, 0.05) is 6.07 Å². The lowest BCUT2D eigenvalue weighted by Crippen LogP contribution is -2.33. The molecule has 104 valence electrons. The van der Waals surface area contributed by atoms with Gasteiger partial charge in [-0.15, -0.1) is 0 Å². The van der Waals surface area contributed by atoms with E-state index < -0.39 is 5.92 Å². The number of amides is 1. The Kier molecular flexibility index (Phi) is 6.21. The second-order valence-electron chi connectivity index (χ2n) is 4.05. The summed E-state index contributed by atoms with van der Waals surface area (Å²) in [6, 6.07) is 3.44. The number of hydrogen-bond acceptors (Lipinski definition) is 4. The first-order valence-corrected chi connectivity index (χ1v) is 6.68. The number of nitrogens with one attached hydrogen (secondary N) is 1. The zero-order valence-corrected chi connectivity index (χ0v) is 12.0. The highest BCUT2D eigenvalue weighted by atomic mass is 32.1. The third-order valence-electron chi connectivity index (χ3n) is 2.53. The largest absolute Gasteiger partial charge is 0.478 e. The molecule has 6 heteroatoms. The molecule has 1 rings (SSSR count). The van der Waals surface area contributed by atoms with Crippen LogP contribution in [-0.2, 0) is 4.79 Å². The molecule has 1 aromatic heterocycles. The monoisotopic (exact) mass is 281 g/mol. The first kappa shape index (κ1) is 15.4. The molecule has 0 aliphatic heterocycles. The third-order valence-corrected chi connectivity index (χ3v) is 2.82. The molecule has 0 aliphatic rings. The Bertz CT molecular complexity index is 434. The van der Waals surface area contributed by atoms with Gasteiger partial charge in [0.15, 0.2) is 0 Å². The van der Waals surface area contributed by atoms with Crippen LogP contribution in [0, 0.1) is 5.92 Å². The average Bonchev–Trinajstić information content (AvgIpc) is 2.38. The number of hydrogen-bond donors (Lipinski definition) is 2. The van der Waals surface area contributed by atoms with Crippen molar-refractivity contribution < 1.29 is 9.53 Å². The summed E-state index contributed by atoms with van der Waals surface area (Å²) in [5.41, 5.74) is 6.18. The SMILES string of the molecule is CCCC(C(=O)Nc1ccc(OCC)nc1)C(N)=S. The molecule has 1 aromatic rings.